The molecule has 3 aromatic rings. The van der Waals surface area contributed by atoms with Crippen molar-refractivity contribution >= 4 is 11.9 Å². The molecule has 0 aromatic heterocycles. The third-order valence-corrected chi connectivity index (χ3v) is 6.26. The Hall–Kier alpha value is -4.73. The number of rotatable bonds is 12. The summed E-state index contributed by atoms with van der Waals surface area (Å²) >= 11 is 0. The molecule has 13 heteroatoms. The zero-order valence-corrected chi connectivity index (χ0v) is 22.6. The fourth-order valence-corrected chi connectivity index (χ4v) is 4.35. The number of halogens is 6. The Labute approximate surface area is 242 Å². The molecule has 0 saturated heterocycles. The second-order valence-electron chi connectivity index (χ2n) is 9.43. The Balaban J connectivity index is 2.03. The summed E-state index contributed by atoms with van der Waals surface area (Å²) in [4.78, 5) is 23.1. The van der Waals surface area contributed by atoms with Gasteiger partial charge in [-0.15, -0.1) is 13.2 Å². The Morgan fingerprint density at radius 3 is 2.09 bits per heavy atom. The molecule has 0 aliphatic carbocycles. The summed E-state index contributed by atoms with van der Waals surface area (Å²) in [5.41, 5.74) is -0.259. The number of hydrogen-bond donors (Lipinski definition) is 2. The van der Waals surface area contributed by atoms with Crippen LogP contribution in [0.3, 0.4) is 0 Å². The van der Waals surface area contributed by atoms with E-state index in [9.17, 15) is 41.2 Å². The number of carboxylic acids is 1. The second-order valence-corrected chi connectivity index (χ2v) is 9.43. The minimum absolute atomic E-state index is 0.0833. The van der Waals surface area contributed by atoms with Gasteiger partial charge in [-0.1, -0.05) is 37.6 Å². The Kier molecular flexibility index (Phi) is 10.6. The molecule has 0 spiro atoms. The van der Waals surface area contributed by atoms with E-state index in [-0.39, 0.29) is 29.8 Å². The van der Waals surface area contributed by atoms with Crippen LogP contribution in [0.4, 0.5) is 26.3 Å². The van der Waals surface area contributed by atoms with Gasteiger partial charge in [0, 0.05) is 18.0 Å². The van der Waals surface area contributed by atoms with E-state index < -0.39 is 47.7 Å². The average molecular weight is 609 g/mol. The number of amides is 1. The number of benzene rings is 3. The van der Waals surface area contributed by atoms with Crippen molar-refractivity contribution < 1.29 is 50.5 Å². The van der Waals surface area contributed by atoms with Crippen LogP contribution in [-0.2, 0) is 11.0 Å². The number of carbonyl (C=O) groups is 2. The van der Waals surface area contributed by atoms with Gasteiger partial charge in [0.1, 0.15) is 17.6 Å². The van der Waals surface area contributed by atoms with Crippen LogP contribution in [0.1, 0.15) is 70.8 Å². The van der Waals surface area contributed by atoms with Gasteiger partial charge in [0.2, 0.25) is 0 Å². The first kappa shape index (κ1) is 32.8. The van der Waals surface area contributed by atoms with Gasteiger partial charge < -0.3 is 19.9 Å². The molecule has 0 aliphatic rings. The smallest absolute Gasteiger partial charge is 0.485 e. The SMILES string of the molecule is CCC[C@H](c1ccc(C(=O)NCCC(=O)O)cc1)C(Oc1cc(C#N)cc(C(F)(F)F)c1)c1ccc(OC(F)(F)F)cc1. The number of carboxylic acid groups (broad SMARTS) is 1. The second kappa shape index (κ2) is 14.0. The molecule has 2 atom stereocenters. The molecule has 228 valence electrons. The lowest BCUT2D eigenvalue weighted by Crippen LogP contribution is -2.26. The van der Waals surface area contributed by atoms with Crippen LogP contribution in [0, 0.1) is 11.3 Å². The van der Waals surface area contributed by atoms with Crippen molar-refractivity contribution in [1.82, 2.24) is 5.32 Å². The third kappa shape index (κ3) is 9.66. The molecule has 0 fully saturated rings. The van der Waals surface area contributed by atoms with Crippen molar-refractivity contribution in [1.29, 1.82) is 5.26 Å². The van der Waals surface area contributed by atoms with E-state index in [2.05, 4.69) is 10.1 Å². The third-order valence-electron chi connectivity index (χ3n) is 6.26. The number of carbonyl (C=O) groups excluding carboxylic acids is 1. The Morgan fingerprint density at radius 2 is 1.56 bits per heavy atom. The Morgan fingerprint density at radius 1 is 0.930 bits per heavy atom. The number of aliphatic carboxylic acids is 1. The van der Waals surface area contributed by atoms with Gasteiger partial charge in [-0.3, -0.25) is 9.59 Å². The summed E-state index contributed by atoms with van der Waals surface area (Å²) in [6.07, 6.45) is -10.0. The predicted molar refractivity (Wildman–Crippen MR) is 141 cm³/mol. The molecule has 0 heterocycles. The zero-order valence-electron chi connectivity index (χ0n) is 22.6. The minimum Gasteiger partial charge on any atom is -0.485 e. The highest BCUT2D eigenvalue weighted by Gasteiger charge is 2.34. The molecule has 1 amide bonds. The maximum atomic E-state index is 13.6. The first-order chi connectivity index (χ1) is 20.2. The van der Waals surface area contributed by atoms with Crippen LogP contribution in [-0.4, -0.2) is 29.9 Å². The Bertz CT molecular complexity index is 1450. The van der Waals surface area contributed by atoms with E-state index in [4.69, 9.17) is 9.84 Å². The molecule has 2 N–H and O–H groups in total. The van der Waals surface area contributed by atoms with E-state index in [0.717, 1.165) is 24.3 Å². The zero-order chi connectivity index (χ0) is 31.8. The molecule has 0 radical (unpaired) electrons. The van der Waals surface area contributed by atoms with Crippen molar-refractivity contribution in [3.8, 4) is 17.6 Å². The summed E-state index contributed by atoms with van der Waals surface area (Å²) in [6, 6.07) is 15.1. The summed E-state index contributed by atoms with van der Waals surface area (Å²) in [5, 5.41) is 20.5. The van der Waals surface area contributed by atoms with Crippen molar-refractivity contribution in [3.05, 3.63) is 94.5 Å². The summed E-state index contributed by atoms with van der Waals surface area (Å²) in [5.74, 6) is -2.94. The quantitative estimate of drug-likeness (QED) is 0.208. The molecule has 1 unspecified atom stereocenters. The molecule has 3 rings (SSSR count). The maximum absolute atomic E-state index is 13.6. The maximum Gasteiger partial charge on any atom is 0.573 e. The van der Waals surface area contributed by atoms with Crippen LogP contribution < -0.4 is 14.8 Å². The van der Waals surface area contributed by atoms with Crippen LogP contribution >= 0.6 is 0 Å². The molecule has 7 nitrogen and oxygen atoms in total. The van der Waals surface area contributed by atoms with E-state index in [0.29, 0.717) is 30.0 Å². The lowest BCUT2D eigenvalue weighted by Gasteiger charge is -2.29. The standard InChI is InChI=1S/C30H26F6N2O5/c1-2-3-25(19-4-6-21(7-5-19)28(41)38-13-12-26(39)40)27(20-8-10-23(11-9-20)43-30(34,35)36)42-24-15-18(17-37)14-22(16-24)29(31,32)33/h4-11,14-16,25,27H,2-3,12-13H2,1H3,(H,38,41)(H,39,40)/t25-,27?/m1/s1. The highest BCUT2D eigenvalue weighted by Crippen LogP contribution is 2.41. The van der Waals surface area contributed by atoms with Gasteiger partial charge in [0.15, 0.2) is 0 Å². The first-order valence-electron chi connectivity index (χ1n) is 12.9. The predicted octanol–water partition coefficient (Wildman–Crippen LogP) is 7.38. The van der Waals surface area contributed by atoms with Crippen LogP contribution in [0.15, 0.2) is 66.7 Å². The topological polar surface area (TPSA) is 109 Å². The van der Waals surface area contributed by atoms with E-state index in [1.807, 2.05) is 6.92 Å². The number of nitrogens with one attached hydrogen (secondary N) is 1. The molecule has 43 heavy (non-hydrogen) atoms. The van der Waals surface area contributed by atoms with Gasteiger partial charge in [0.25, 0.3) is 5.91 Å². The average Bonchev–Trinajstić information content (AvgIpc) is 2.94. The van der Waals surface area contributed by atoms with Crippen LogP contribution in [0.2, 0.25) is 0 Å². The lowest BCUT2D eigenvalue weighted by molar-refractivity contribution is -0.274. The highest BCUT2D eigenvalue weighted by atomic mass is 19.4. The fraction of sp³-hybridized carbons (Fsp3) is 0.300. The van der Waals surface area contributed by atoms with Crippen LogP contribution in [0.5, 0.6) is 11.5 Å². The molecular weight excluding hydrogens is 582 g/mol. The number of nitriles is 1. The van der Waals surface area contributed by atoms with E-state index in [1.54, 1.807) is 18.2 Å². The minimum atomic E-state index is -4.93. The lowest BCUT2D eigenvalue weighted by atomic mass is 9.85. The summed E-state index contributed by atoms with van der Waals surface area (Å²) < 4.78 is 88.8. The number of ether oxygens (including phenoxy) is 2. The first-order valence-corrected chi connectivity index (χ1v) is 12.9. The van der Waals surface area contributed by atoms with Gasteiger partial charge in [-0.05, 0) is 60.0 Å². The van der Waals surface area contributed by atoms with Gasteiger partial charge in [0.05, 0.1) is 23.6 Å². The summed E-state index contributed by atoms with van der Waals surface area (Å²) in [7, 11) is 0. The molecule has 0 bridgehead atoms. The largest absolute Gasteiger partial charge is 0.573 e. The number of alkyl halides is 6. The summed E-state index contributed by atoms with van der Waals surface area (Å²) in [6.45, 7) is 1.77. The van der Waals surface area contributed by atoms with Crippen molar-refractivity contribution in [2.45, 2.75) is 50.7 Å². The monoisotopic (exact) mass is 608 g/mol. The molecule has 3 aromatic carbocycles. The van der Waals surface area contributed by atoms with Crippen molar-refractivity contribution in [2.75, 3.05) is 6.54 Å². The van der Waals surface area contributed by atoms with E-state index >= 15 is 0 Å². The normalized spacial score (nSPS) is 13.0. The van der Waals surface area contributed by atoms with E-state index in [1.165, 1.54) is 24.3 Å². The highest BCUT2D eigenvalue weighted by molar-refractivity contribution is 5.94. The van der Waals surface area contributed by atoms with Crippen molar-refractivity contribution in [3.63, 3.8) is 0 Å². The molecule has 0 aliphatic heterocycles. The van der Waals surface area contributed by atoms with Gasteiger partial charge in [-0.2, -0.15) is 18.4 Å². The van der Waals surface area contributed by atoms with Gasteiger partial charge in [-0.25, -0.2) is 0 Å². The number of nitrogens with zero attached hydrogens (tertiary/aromatic N) is 1. The molecular formula is C30H26F6N2O5. The molecule has 0 saturated carbocycles. The fourth-order valence-electron chi connectivity index (χ4n) is 4.35. The van der Waals surface area contributed by atoms with Gasteiger partial charge >= 0.3 is 18.5 Å². The van der Waals surface area contributed by atoms with Crippen LogP contribution in [0.25, 0.3) is 0 Å². The number of hydrogen-bond acceptors (Lipinski definition) is 5. The van der Waals surface area contributed by atoms with Crippen molar-refractivity contribution in [2.24, 2.45) is 0 Å².